The number of anilines is 1. The van der Waals surface area contributed by atoms with E-state index in [2.05, 4.69) is 14.7 Å². The van der Waals surface area contributed by atoms with E-state index in [4.69, 9.17) is 5.73 Å². The minimum atomic E-state index is -4.85. The van der Waals surface area contributed by atoms with Gasteiger partial charge < -0.3 is 20.1 Å². The molecule has 2 aromatic heterocycles. The van der Waals surface area contributed by atoms with Gasteiger partial charge in [-0.3, -0.25) is 0 Å². The van der Waals surface area contributed by atoms with Crippen molar-refractivity contribution in [3.8, 4) is 17.0 Å². The SMILES string of the molecule is Nc1ncc(-c2cn(C3CCC4CC3C4)c(CO)n2)cc1OC(F)(F)F. The molecule has 9 heteroatoms. The second kappa shape index (κ2) is 6.15. The zero-order chi connectivity index (χ0) is 18.5. The molecule has 0 aliphatic heterocycles. The molecule has 3 fully saturated rings. The highest BCUT2D eigenvalue weighted by atomic mass is 19.4. The van der Waals surface area contributed by atoms with Gasteiger partial charge in [0.05, 0.1) is 5.69 Å². The Kier molecular flexibility index (Phi) is 4.06. The molecule has 0 amide bonds. The molecule has 3 aliphatic carbocycles. The molecule has 0 aromatic carbocycles. The molecule has 1 atom stereocenters. The number of alkyl halides is 3. The van der Waals surface area contributed by atoms with E-state index in [-0.39, 0.29) is 18.5 Å². The van der Waals surface area contributed by atoms with Crippen LogP contribution in [0.15, 0.2) is 18.5 Å². The van der Waals surface area contributed by atoms with Crippen LogP contribution in [0.4, 0.5) is 19.0 Å². The van der Waals surface area contributed by atoms with Gasteiger partial charge >= 0.3 is 6.36 Å². The summed E-state index contributed by atoms with van der Waals surface area (Å²) in [6.45, 7) is -0.235. The van der Waals surface area contributed by atoms with Crippen molar-refractivity contribution in [2.45, 2.75) is 44.7 Å². The Morgan fingerprint density at radius 1 is 1.31 bits per heavy atom. The van der Waals surface area contributed by atoms with E-state index in [1.54, 1.807) is 6.20 Å². The van der Waals surface area contributed by atoms with Crippen LogP contribution in [0.25, 0.3) is 11.3 Å². The third kappa shape index (κ3) is 3.11. The summed E-state index contributed by atoms with van der Waals surface area (Å²) in [5.41, 5.74) is 6.27. The number of aromatic nitrogens is 3. The summed E-state index contributed by atoms with van der Waals surface area (Å²) in [4.78, 5) is 8.17. The molecular formula is C17H19F3N4O2. The zero-order valence-electron chi connectivity index (χ0n) is 13.9. The summed E-state index contributed by atoms with van der Waals surface area (Å²) in [7, 11) is 0. The van der Waals surface area contributed by atoms with Crippen LogP contribution >= 0.6 is 0 Å². The molecule has 0 radical (unpaired) electrons. The van der Waals surface area contributed by atoms with Crippen molar-refractivity contribution in [1.29, 1.82) is 0 Å². The molecule has 3 aliphatic rings. The number of aliphatic hydroxyl groups excluding tert-OH is 1. The van der Waals surface area contributed by atoms with Gasteiger partial charge in [0.1, 0.15) is 12.4 Å². The highest BCUT2D eigenvalue weighted by Crippen LogP contribution is 2.51. The van der Waals surface area contributed by atoms with E-state index < -0.39 is 12.1 Å². The highest BCUT2D eigenvalue weighted by molar-refractivity contribution is 5.63. The van der Waals surface area contributed by atoms with Crippen LogP contribution in [0, 0.1) is 11.8 Å². The quantitative estimate of drug-likeness (QED) is 0.865. The smallest absolute Gasteiger partial charge is 0.402 e. The van der Waals surface area contributed by atoms with Crippen LogP contribution in [-0.4, -0.2) is 26.0 Å². The second-order valence-corrected chi connectivity index (χ2v) is 7.01. The third-order valence-corrected chi connectivity index (χ3v) is 5.40. The standard InChI is InChI=1S/C17H19F3N4O2/c18-17(19,20)26-14-5-11(6-22-16(14)21)12-7-24(15(8-25)23-12)13-2-1-9-3-10(13)4-9/h5-7,9-10,13,25H,1-4,8H2,(H2,21,22). The largest absolute Gasteiger partial charge is 0.573 e. The predicted molar refractivity (Wildman–Crippen MR) is 87.0 cm³/mol. The lowest BCUT2D eigenvalue weighted by molar-refractivity contribution is -0.274. The number of fused-ring (bicyclic) bond motifs is 2. The van der Waals surface area contributed by atoms with Crippen molar-refractivity contribution < 1.29 is 23.0 Å². The molecule has 140 valence electrons. The molecule has 0 saturated heterocycles. The Balaban J connectivity index is 1.67. The van der Waals surface area contributed by atoms with Gasteiger partial charge in [-0.15, -0.1) is 13.2 Å². The summed E-state index contributed by atoms with van der Waals surface area (Å²) >= 11 is 0. The Morgan fingerprint density at radius 2 is 2.08 bits per heavy atom. The Bertz CT molecular complexity index is 812. The Morgan fingerprint density at radius 3 is 2.69 bits per heavy atom. The molecule has 6 nitrogen and oxygen atoms in total. The maximum Gasteiger partial charge on any atom is 0.573 e. The maximum atomic E-state index is 12.5. The molecule has 2 aromatic rings. The van der Waals surface area contributed by atoms with E-state index >= 15 is 0 Å². The van der Waals surface area contributed by atoms with Crippen LogP contribution in [-0.2, 0) is 6.61 Å². The van der Waals surface area contributed by atoms with Gasteiger partial charge in [-0.1, -0.05) is 0 Å². The monoisotopic (exact) mass is 368 g/mol. The average Bonchev–Trinajstić information content (AvgIpc) is 2.99. The number of nitrogen functional groups attached to an aromatic ring is 1. The zero-order valence-corrected chi connectivity index (χ0v) is 13.9. The molecule has 0 spiro atoms. The number of nitrogens with zero attached hydrogens (tertiary/aromatic N) is 3. The van der Waals surface area contributed by atoms with Crippen molar-refractivity contribution >= 4 is 5.82 Å². The van der Waals surface area contributed by atoms with Gasteiger partial charge in [0, 0.05) is 24.0 Å². The summed E-state index contributed by atoms with van der Waals surface area (Å²) in [5.74, 6) is 0.996. The molecule has 2 bridgehead atoms. The van der Waals surface area contributed by atoms with Gasteiger partial charge in [-0.2, -0.15) is 0 Å². The first-order chi connectivity index (χ1) is 12.3. The number of hydrogen-bond donors (Lipinski definition) is 2. The van der Waals surface area contributed by atoms with Crippen molar-refractivity contribution in [1.82, 2.24) is 14.5 Å². The fraction of sp³-hybridized carbons (Fsp3) is 0.529. The topological polar surface area (TPSA) is 86.2 Å². The van der Waals surface area contributed by atoms with E-state index in [1.165, 1.54) is 25.1 Å². The first-order valence-corrected chi connectivity index (χ1v) is 8.54. The summed E-state index contributed by atoms with van der Waals surface area (Å²) in [6, 6.07) is 1.44. The number of nitrogens with two attached hydrogens (primary N) is 1. The predicted octanol–water partition coefficient (Wildman–Crippen LogP) is 3.28. The lowest BCUT2D eigenvalue weighted by Gasteiger charge is -2.47. The molecule has 1 unspecified atom stereocenters. The van der Waals surface area contributed by atoms with E-state index in [9.17, 15) is 18.3 Å². The van der Waals surface area contributed by atoms with Crippen molar-refractivity contribution in [3.05, 3.63) is 24.3 Å². The second-order valence-electron chi connectivity index (χ2n) is 7.01. The fourth-order valence-electron chi connectivity index (χ4n) is 4.12. The fourth-order valence-corrected chi connectivity index (χ4v) is 4.12. The van der Waals surface area contributed by atoms with Gasteiger partial charge in [-0.05, 0) is 43.6 Å². The minimum Gasteiger partial charge on any atom is -0.402 e. The molecule has 2 heterocycles. The maximum absolute atomic E-state index is 12.5. The van der Waals surface area contributed by atoms with Gasteiger partial charge in [0.25, 0.3) is 0 Å². The van der Waals surface area contributed by atoms with Crippen LogP contribution < -0.4 is 10.5 Å². The summed E-state index contributed by atoms with van der Waals surface area (Å²) < 4.78 is 43.4. The molecular weight excluding hydrogens is 349 g/mol. The summed E-state index contributed by atoms with van der Waals surface area (Å²) in [5, 5.41) is 9.67. The number of hydrogen-bond acceptors (Lipinski definition) is 5. The Labute approximate surface area is 147 Å². The van der Waals surface area contributed by atoms with Gasteiger partial charge in [-0.25, -0.2) is 9.97 Å². The Hall–Kier alpha value is -2.29. The number of ether oxygens (including phenoxy) is 1. The molecule has 26 heavy (non-hydrogen) atoms. The first kappa shape index (κ1) is 17.1. The first-order valence-electron chi connectivity index (χ1n) is 8.54. The normalized spacial score (nSPS) is 25.0. The van der Waals surface area contributed by atoms with Crippen LogP contribution in [0.1, 0.15) is 37.5 Å². The lowest BCUT2D eigenvalue weighted by Crippen LogP contribution is -2.37. The van der Waals surface area contributed by atoms with Crippen LogP contribution in [0.3, 0.4) is 0 Å². The van der Waals surface area contributed by atoms with Crippen molar-refractivity contribution in [2.75, 3.05) is 5.73 Å². The van der Waals surface area contributed by atoms with Crippen LogP contribution in [0.2, 0.25) is 0 Å². The number of imidazole rings is 1. The highest BCUT2D eigenvalue weighted by Gasteiger charge is 2.41. The number of rotatable bonds is 4. The third-order valence-electron chi connectivity index (χ3n) is 5.40. The molecule has 3 saturated carbocycles. The van der Waals surface area contributed by atoms with Crippen molar-refractivity contribution in [2.24, 2.45) is 11.8 Å². The van der Waals surface area contributed by atoms with E-state index in [0.717, 1.165) is 18.8 Å². The van der Waals surface area contributed by atoms with E-state index in [1.807, 2.05) is 4.57 Å². The van der Waals surface area contributed by atoms with Gasteiger partial charge in [0.2, 0.25) is 0 Å². The van der Waals surface area contributed by atoms with E-state index in [0.29, 0.717) is 23.0 Å². The minimum absolute atomic E-state index is 0.235. The lowest BCUT2D eigenvalue weighted by atomic mass is 9.63. The van der Waals surface area contributed by atoms with Crippen LogP contribution in [0.5, 0.6) is 5.75 Å². The summed E-state index contributed by atoms with van der Waals surface area (Å²) in [6.07, 6.45) is 2.85. The number of aliphatic hydroxyl groups is 1. The van der Waals surface area contributed by atoms with Crippen molar-refractivity contribution in [3.63, 3.8) is 0 Å². The number of pyridine rings is 1. The molecule has 5 rings (SSSR count). The van der Waals surface area contributed by atoms with Gasteiger partial charge in [0.15, 0.2) is 11.6 Å². The molecule has 3 N–H and O–H groups in total. The number of halogens is 3. The average molecular weight is 368 g/mol.